The lowest BCUT2D eigenvalue weighted by Crippen LogP contribution is -2.33. The van der Waals surface area contributed by atoms with E-state index in [2.05, 4.69) is 22.5 Å². The molecule has 160 valence electrons. The molecule has 0 spiro atoms. The predicted molar refractivity (Wildman–Crippen MR) is 121 cm³/mol. The van der Waals surface area contributed by atoms with Crippen LogP contribution in [0.3, 0.4) is 0 Å². The van der Waals surface area contributed by atoms with Gasteiger partial charge < -0.3 is 5.32 Å². The highest BCUT2D eigenvalue weighted by molar-refractivity contribution is 5.81. The second kappa shape index (κ2) is 8.63. The number of aryl methyl sites for hydroxylation is 2. The van der Waals surface area contributed by atoms with E-state index in [-0.39, 0.29) is 18.1 Å². The third-order valence-corrected chi connectivity index (χ3v) is 5.71. The molecule has 0 saturated carbocycles. The van der Waals surface area contributed by atoms with E-state index in [9.17, 15) is 9.59 Å². The minimum Gasteiger partial charge on any atom is -0.350 e. The van der Waals surface area contributed by atoms with Crippen LogP contribution in [0.25, 0.3) is 11.0 Å². The Morgan fingerprint density at radius 1 is 0.968 bits per heavy atom. The van der Waals surface area contributed by atoms with Crippen molar-refractivity contribution in [1.82, 2.24) is 24.2 Å². The summed E-state index contributed by atoms with van der Waals surface area (Å²) < 4.78 is 5.18. The Labute approximate surface area is 180 Å². The minimum absolute atomic E-state index is 0.0113. The topological polar surface area (TPSA) is 73.8 Å². The minimum atomic E-state index is -0.198. The number of carbonyl (C=O) groups excluding carboxylic acids is 1. The molecule has 0 saturated heterocycles. The number of amides is 1. The summed E-state index contributed by atoms with van der Waals surface area (Å²) in [4.78, 5) is 25.4. The number of imidazole rings is 1. The third-order valence-electron chi connectivity index (χ3n) is 5.71. The largest absolute Gasteiger partial charge is 0.350 e. The van der Waals surface area contributed by atoms with E-state index in [0.29, 0.717) is 19.6 Å². The van der Waals surface area contributed by atoms with Crippen molar-refractivity contribution >= 4 is 16.9 Å². The maximum atomic E-state index is 12.7. The normalized spacial score (nSPS) is 11.2. The number of fused-ring (bicyclic) bond motifs is 1. The summed E-state index contributed by atoms with van der Waals surface area (Å²) in [6.07, 6.45) is 0. The van der Waals surface area contributed by atoms with Crippen LogP contribution in [0.15, 0.2) is 59.4 Å². The summed E-state index contributed by atoms with van der Waals surface area (Å²) >= 11 is 0. The lowest BCUT2D eigenvalue weighted by atomic mass is 10.2. The van der Waals surface area contributed by atoms with E-state index in [1.165, 1.54) is 10.1 Å². The number of hydrogen-bond acceptors (Lipinski definition) is 3. The van der Waals surface area contributed by atoms with Crippen molar-refractivity contribution in [3.63, 3.8) is 0 Å². The zero-order valence-electron chi connectivity index (χ0n) is 18.1. The molecule has 0 aliphatic heterocycles. The van der Waals surface area contributed by atoms with Crippen molar-refractivity contribution in [2.75, 3.05) is 0 Å². The van der Waals surface area contributed by atoms with Gasteiger partial charge in [-0.1, -0.05) is 42.5 Å². The fraction of sp³-hybridized carbons (Fsp3) is 0.292. The van der Waals surface area contributed by atoms with Gasteiger partial charge in [0.1, 0.15) is 6.54 Å². The van der Waals surface area contributed by atoms with E-state index >= 15 is 0 Å². The molecular formula is C24H27N5O2. The van der Waals surface area contributed by atoms with Crippen LogP contribution in [0.5, 0.6) is 0 Å². The first-order valence-electron chi connectivity index (χ1n) is 10.5. The molecule has 2 aromatic heterocycles. The number of carbonyl (C=O) groups is 1. The van der Waals surface area contributed by atoms with Crippen molar-refractivity contribution < 1.29 is 4.79 Å². The summed E-state index contributed by atoms with van der Waals surface area (Å²) in [5, 5.41) is 7.61. The van der Waals surface area contributed by atoms with Gasteiger partial charge in [-0.15, -0.1) is 0 Å². The quantitative estimate of drug-likeness (QED) is 0.502. The van der Waals surface area contributed by atoms with Crippen LogP contribution < -0.4 is 11.0 Å². The molecule has 0 aliphatic carbocycles. The molecule has 0 fully saturated rings. The van der Waals surface area contributed by atoms with Gasteiger partial charge in [-0.2, -0.15) is 5.10 Å². The van der Waals surface area contributed by atoms with Crippen LogP contribution in [0.2, 0.25) is 0 Å². The van der Waals surface area contributed by atoms with Gasteiger partial charge in [0, 0.05) is 24.3 Å². The van der Waals surface area contributed by atoms with Crippen molar-refractivity contribution in [3.05, 3.63) is 87.6 Å². The molecule has 0 aliphatic rings. The molecule has 31 heavy (non-hydrogen) atoms. The second-order valence-corrected chi connectivity index (χ2v) is 7.67. The van der Waals surface area contributed by atoms with Crippen molar-refractivity contribution in [3.8, 4) is 0 Å². The average Bonchev–Trinajstić information content (AvgIpc) is 3.19. The first kappa shape index (κ1) is 20.7. The first-order chi connectivity index (χ1) is 15.0. The summed E-state index contributed by atoms with van der Waals surface area (Å²) in [5.74, 6) is -0.198. The van der Waals surface area contributed by atoms with Crippen LogP contribution >= 0.6 is 0 Å². The molecule has 0 radical (unpaired) electrons. The Bertz CT molecular complexity index is 1280. The van der Waals surface area contributed by atoms with Gasteiger partial charge in [0.2, 0.25) is 5.91 Å². The molecule has 1 N–H and O–H groups in total. The fourth-order valence-corrected chi connectivity index (χ4v) is 4.02. The zero-order valence-corrected chi connectivity index (χ0v) is 18.1. The molecule has 4 aromatic rings. The maximum Gasteiger partial charge on any atom is 0.329 e. The molecule has 2 heterocycles. The van der Waals surface area contributed by atoms with Gasteiger partial charge in [-0.05, 0) is 38.5 Å². The molecule has 2 aromatic carbocycles. The van der Waals surface area contributed by atoms with Gasteiger partial charge >= 0.3 is 5.69 Å². The molecular weight excluding hydrogens is 390 g/mol. The molecule has 4 rings (SSSR count). The lowest BCUT2D eigenvalue weighted by Gasteiger charge is -2.08. The summed E-state index contributed by atoms with van der Waals surface area (Å²) in [6.45, 7) is 7.52. The number of aromatic nitrogens is 4. The fourth-order valence-electron chi connectivity index (χ4n) is 4.02. The monoisotopic (exact) mass is 417 g/mol. The second-order valence-electron chi connectivity index (χ2n) is 7.67. The molecule has 0 unspecified atom stereocenters. The number of para-hydroxylation sites is 2. The Hall–Kier alpha value is -3.61. The Morgan fingerprint density at radius 2 is 1.61 bits per heavy atom. The van der Waals surface area contributed by atoms with E-state index in [4.69, 9.17) is 0 Å². The maximum absolute atomic E-state index is 12.7. The van der Waals surface area contributed by atoms with Gasteiger partial charge in [-0.25, -0.2) is 4.79 Å². The number of nitrogens with one attached hydrogen (secondary N) is 1. The zero-order chi connectivity index (χ0) is 22.0. The number of hydrogen-bond donors (Lipinski definition) is 1. The molecule has 0 atom stereocenters. The average molecular weight is 418 g/mol. The highest BCUT2D eigenvalue weighted by atomic mass is 16.2. The number of rotatable bonds is 7. The van der Waals surface area contributed by atoms with Gasteiger partial charge in [-0.3, -0.25) is 18.6 Å². The molecule has 0 bridgehead atoms. The van der Waals surface area contributed by atoms with Crippen molar-refractivity contribution in [2.45, 2.75) is 47.0 Å². The SMILES string of the molecule is CCn1c(=O)n(CC(=O)NCc2c(C)nn(Cc3ccccc3)c2C)c2ccccc21. The van der Waals surface area contributed by atoms with Crippen LogP contribution in [-0.4, -0.2) is 24.8 Å². The van der Waals surface area contributed by atoms with E-state index in [1.807, 2.05) is 67.9 Å². The van der Waals surface area contributed by atoms with Crippen LogP contribution in [0, 0.1) is 13.8 Å². The smallest absolute Gasteiger partial charge is 0.329 e. The van der Waals surface area contributed by atoms with Gasteiger partial charge in [0.25, 0.3) is 0 Å². The number of nitrogens with zero attached hydrogens (tertiary/aromatic N) is 4. The Morgan fingerprint density at radius 3 is 2.29 bits per heavy atom. The Balaban J connectivity index is 1.48. The Kier molecular flexibility index (Phi) is 5.75. The first-order valence-corrected chi connectivity index (χ1v) is 10.5. The highest BCUT2D eigenvalue weighted by Gasteiger charge is 2.16. The predicted octanol–water partition coefficient (Wildman–Crippen LogP) is 3.00. The standard InChI is InChI=1S/C24H27N5O2/c1-4-27-21-12-8-9-13-22(21)28(24(27)31)16-23(30)25-14-20-17(2)26-29(18(20)3)15-19-10-6-5-7-11-19/h5-13H,4,14-16H2,1-3H3,(H,25,30). The van der Waals surface area contributed by atoms with Crippen LogP contribution in [-0.2, 0) is 31.0 Å². The summed E-state index contributed by atoms with van der Waals surface area (Å²) in [7, 11) is 0. The van der Waals surface area contributed by atoms with Gasteiger partial charge in [0.15, 0.2) is 0 Å². The molecule has 7 nitrogen and oxygen atoms in total. The van der Waals surface area contributed by atoms with Crippen molar-refractivity contribution in [1.29, 1.82) is 0 Å². The van der Waals surface area contributed by atoms with Gasteiger partial charge in [0.05, 0.1) is 23.3 Å². The van der Waals surface area contributed by atoms with Crippen LogP contribution in [0.4, 0.5) is 0 Å². The summed E-state index contributed by atoms with van der Waals surface area (Å²) in [5.41, 5.74) is 5.56. The van der Waals surface area contributed by atoms with E-state index < -0.39 is 0 Å². The third kappa shape index (κ3) is 4.03. The number of benzene rings is 2. The van der Waals surface area contributed by atoms with Crippen molar-refractivity contribution in [2.24, 2.45) is 0 Å². The van der Waals surface area contributed by atoms with E-state index in [0.717, 1.165) is 28.0 Å². The summed E-state index contributed by atoms with van der Waals surface area (Å²) in [6, 6.07) is 17.7. The molecule has 7 heteroatoms. The lowest BCUT2D eigenvalue weighted by molar-refractivity contribution is -0.121. The van der Waals surface area contributed by atoms with E-state index in [1.54, 1.807) is 4.57 Å². The molecule has 1 amide bonds. The highest BCUT2D eigenvalue weighted by Crippen LogP contribution is 2.15. The van der Waals surface area contributed by atoms with Crippen LogP contribution in [0.1, 0.15) is 29.4 Å².